The van der Waals surface area contributed by atoms with E-state index in [1.807, 2.05) is 12.1 Å². The number of aliphatic hydroxyl groups excluding tert-OH is 2. The Labute approximate surface area is 135 Å². The summed E-state index contributed by atoms with van der Waals surface area (Å²) in [5, 5.41) is 23.1. The van der Waals surface area contributed by atoms with Gasteiger partial charge in [0.15, 0.2) is 0 Å². The van der Waals surface area contributed by atoms with E-state index in [0.717, 1.165) is 11.3 Å². The average Bonchev–Trinajstić information content (AvgIpc) is 2.48. The first kappa shape index (κ1) is 16.9. The van der Waals surface area contributed by atoms with Gasteiger partial charge in [0.05, 0.1) is 12.2 Å². The van der Waals surface area contributed by atoms with E-state index in [9.17, 15) is 10.2 Å². The minimum Gasteiger partial charge on any atom is -0.399 e. The SMILES string of the molecule is CC(O)c1cc(N)c(CNc2ccc(N)cc2)c(C(C)O)c1N. The monoisotopic (exact) mass is 316 g/mol. The fraction of sp³-hybridized carbons (Fsp3) is 0.294. The lowest BCUT2D eigenvalue weighted by molar-refractivity contribution is 0.193. The first-order valence-corrected chi connectivity index (χ1v) is 7.47. The van der Waals surface area contributed by atoms with Crippen molar-refractivity contribution in [1.82, 2.24) is 0 Å². The lowest BCUT2D eigenvalue weighted by Crippen LogP contribution is -2.14. The van der Waals surface area contributed by atoms with Crippen molar-refractivity contribution in [2.24, 2.45) is 0 Å². The van der Waals surface area contributed by atoms with E-state index in [1.165, 1.54) is 0 Å². The summed E-state index contributed by atoms with van der Waals surface area (Å²) in [5.74, 6) is 0. The predicted molar refractivity (Wildman–Crippen MR) is 94.7 cm³/mol. The summed E-state index contributed by atoms with van der Waals surface area (Å²) in [6, 6.07) is 8.98. The van der Waals surface area contributed by atoms with Gasteiger partial charge in [-0.1, -0.05) is 0 Å². The van der Waals surface area contributed by atoms with Crippen molar-refractivity contribution in [3.63, 3.8) is 0 Å². The molecule has 0 saturated carbocycles. The van der Waals surface area contributed by atoms with E-state index in [0.29, 0.717) is 34.7 Å². The molecule has 0 amide bonds. The summed E-state index contributed by atoms with van der Waals surface area (Å²) < 4.78 is 0. The Balaban J connectivity index is 2.37. The number of nitrogens with two attached hydrogens (primary N) is 3. The number of anilines is 4. The fourth-order valence-electron chi connectivity index (χ4n) is 2.62. The fourth-order valence-corrected chi connectivity index (χ4v) is 2.62. The molecule has 6 heteroatoms. The molecule has 2 unspecified atom stereocenters. The van der Waals surface area contributed by atoms with Gasteiger partial charge in [-0.15, -0.1) is 0 Å². The van der Waals surface area contributed by atoms with Crippen molar-refractivity contribution in [3.8, 4) is 0 Å². The number of aliphatic hydroxyl groups is 2. The molecule has 0 aliphatic rings. The van der Waals surface area contributed by atoms with Gasteiger partial charge in [-0.2, -0.15) is 0 Å². The summed E-state index contributed by atoms with van der Waals surface area (Å²) in [4.78, 5) is 0. The van der Waals surface area contributed by atoms with Crippen LogP contribution in [0.5, 0.6) is 0 Å². The number of hydrogen-bond donors (Lipinski definition) is 6. The number of nitrogen functional groups attached to an aromatic ring is 3. The third kappa shape index (κ3) is 3.67. The van der Waals surface area contributed by atoms with E-state index in [1.54, 1.807) is 32.0 Å². The van der Waals surface area contributed by atoms with Crippen LogP contribution in [0.1, 0.15) is 42.7 Å². The van der Waals surface area contributed by atoms with Gasteiger partial charge >= 0.3 is 0 Å². The van der Waals surface area contributed by atoms with Gasteiger partial charge in [-0.05, 0) is 44.2 Å². The number of benzene rings is 2. The van der Waals surface area contributed by atoms with E-state index >= 15 is 0 Å². The van der Waals surface area contributed by atoms with Gasteiger partial charge in [0.1, 0.15) is 0 Å². The van der Waals surface area contributed by atoms with Crippen molar-refractivity contribution in [3.05, 3.63) is 47.0 Å². The zero-order valence-electron chi connectivity index (χ0n) is 13.4. The van der Waals surface area contributed by atoms with Crippen LogP contribution in [0, 0.1) is 0 Å². The third-order valence-electron chi connectivity index (χ3n) is 3.83. The van der Waals surface area contributed by atoms with Crippen LogP contribution in [0.25, 0.3) is 0 Å². The molecule has 0 fully saturated rings. The number of rotatable bonds is 5. The molecular weight excluding hydrogens is 292 g/mol. The smallest absolute Gasteiger partial charge is 0.0786 e. The van der Waals surface area contributed by atoms with Crippen LogP contribution in [-0.2, 0) is 6.54 Å². The summed E-state index contributed by atoms with van der Waals surface area (Å²) in [6.07, 6.45) is -1.55. The van der Waals surface area contributed by atoms with E-state index in [4.69, 9.17) is 17.2 Å². The van der Waals surface area contributed by atoms with Gasteiger partial charge < -0.3 is 32.7 Å². The molecule has 0 aliphatic heterocycles. The maximum Gasteiger partial charge on any atom is 0.0786 e. The van der Waals surface area contributed by atoms with Crippen LogP contribution in [-0.4, -0.2) is 10.2 Å². The second-order valence-electron chi connectivity index (χ2n) is 5.69. The lowest BCUT2D eigenvalue weighted by Gasteiger charge is -2.22. The Morgan fingerprint density at radius 3 is 2.13 bits per heavy atom. The van der Waals surface area contributed by atoms with Gasteiger partial charge in [0.2, 0.25) is 0 Å². The second kappa shape index (κ2) is 6.76. The summed E-state index contributed by atoms with van der Waals surface area (Å²) in [5.41, 5.74) is 22.1. The number of hydrogen-bond acceptors (Lipinski definition) is 6. The highest BCUT2D eigenvalue weighted by atomic mass is 16.3. The quantitative estimate of drug-likeness (QED) is 0.469. The number of nitrogens with one attached hydrogen (secondary N) is 1. The third-order valence-corrected chi connectivity index (χ3v) is 3.83. The van der Waals surface area contributed by atoms with Crippen LogP contribution in [0.4, 0.5) is 22.7 Å². The highest BCUT2D eigenvalue weighted by molar-refractivity contribution is 5.68. The average molecular weight is 316 g/mol. The molecule has 2 aromatic rings. The van der Waals surface area contributed by atoms with Crippen LogP contribution in [0.15, 0.2) is 30.3 Å². The molecule has 9 N–H and O–H groups in total. The minimum atomic E-state index is -0.792. The van der Waals surface area contributed by atoms with Crippen molar-refractivity contribution < 1.29 is 10.2 Å². The molecule has 0 bridgehead atoms. The standard InChI is InChI=1S/C17H24N4O2/c1-9(22)13-7-15(19)14(16(10(2)23)17(13)20)8-21-12-5-3-11(18)4-6-12/h3-7,9-10,21-23H,8,18-20H2,1-2H3. The summed E-state index contributed by atoms with van der Waals surface area (Å²) >= 11 is 0. The molecule has 2 aromatic carbocycles. The minimum absolute atomic E-state index is 0.373. The van der Waals surface area contributed by atoms with E-state index in [2.05, 4.69) is 5.32 Å². The van der Waals surface area contributed by atoms with Gasteiger partial charge in [0.25, 0.3) is 0 Å². The Bertz CT molecular complexity index is 682. The van der Waals surface area contributed by atoms with Gasteiger partial charge in [-0.3, -0.25) is 0 Å². The molecule has 0 spiro atoms. The first-order chi connectivity index (χ1) is 10.8. The molecule has 2 rings (SSSR count). The largest absolute Gasteiger partial charge is 0.399 e. The molecular formula is C17H24N4O2. The molecule has 0 aliphatic carbocycles. The zero-order chi connectivity index (χ0) is 17.1. The highest BCUT2D eigenvalue weighted by Crippen LogP contribution is 2.35. The van der Waals surface area contributed by atoms with Crippen LogP contribution >= 0.6 is 0 Å². The van der Waals surface area contributed by atoms with Crippen molar-refractivity contribution in [2.75, 3.05) is 22.5 Å². The normalized spacial score (nSPS) is 13.6. The van der Waals surface area contributed by atoms with Crippen molar-refractivity contribution in [2.45, 2.75) is 32.6 Å². The lowest BCUT2D eigenvalue weighted by atomic mass is 9.93. The predicted octanol–water partition coefficient (Wildman–Crippen LogP) is 2.15. The van der Waals surface area contributed by atoms with Crippen LogP contribution in [0.2, 0.25) is 0 Å². The van der Waals surface area contributed by atoms with Gasteiger partial charge in [-0.25, -0.2) is 0 Å². The maximum atomic E-state index is 10.1. The zero-order valence-corrected chi connectivity index (χ0v) is 13.4. The molecule has 6 nitrogen and oxygen atoms in total. The Hall–Kier alpha value is -2.44. The Morgan fingerprint density at radius 2 is 1.61 bits per heavy atom. The Morgan fingerprint density at radius 1 is 1.00 bits per heavy atom. The van der Waals surface area contributed by atoms with Crippen LogP contribution < -0.4 is 22.5 Å². The molecule has 0 saturated heterocycles. The molecule has 2 atom stereocenters. The van der Waals surface area contributed by atoms with Crippen molar-refractivity contribution in [1.29, 1.82) is 0 Å². The summed E-state index contributed by atoms with van der Waals surface area (Å²) in [6.45, 7) is 3.65. The van der Waals surface area contributed by atoms with Gasteiger partial charge in [0, 0.05) is 46.0 Å². The molecule has 0 heterocycles. The van der Waals surface area contributed by atoms with Crippen LogP contribution in [0.3, 0.4) is 0 Å². The maximum absolute atomic E-state index is 10.1. The van der Waals surface area contributed by atoms with E-state index < -0.39 is 12.2 Å². The topological polar surface area (TPSA) is 131 Å². The highest BCUT2D eigenvalue weighted by Gasteiger charge is 2.20. The molecule has 0 aromatic heterocycles. The van der Waals surface area contributed by atoms with E-state index in [-0.39, 0.29) is 0 Å². The second-order valence-corrected chi connectivity index (χ2v) is 5.69. The first-order valence-electron chi connectivity index (χ1n) is 7.47. The van der Waals surface area contributed by atoms with Crippen molar-refractivity contribution >= 4 is 22.7 Å². The Kier molecular flexibility index (Phi) is 4.98. The molecule has 0 radical (unpaired) electrons. The summed E-state index contributed by atoms with van der Waals surface area (Å²) in [7, 11) is 0. The molecule has 124 valence electrons. The molecule has 23 heavy (non-hydrogen) atoms.